The number of hydrogen-bond donors (Lipinski definition) is 1. The number of hydrazone groups is 1. The summed E-state index contributed by atoms with van der Waals surface area (Å²) in [4.78, 5) is 9.30. The molecular weight excluding hydrogens is 462 g/mol. The quantitative estimate of drug-likeness (QED) is 0.169. The van der Waals surface area contributed by atoms with Crippen molar-refractivity contribution in [2.24, 2.45) is 11.0 Å². The Hall–Kier alpha value is -3.77. The van der Waals surface area contributed by atoms with Crippen molar-refractivity contribution >= 4 is 23.3 Å². The number of rotatable bonds is 10. The van der Waals surface area contributed by atoms with E-state index in [0.717, 1.165) is 22.6 Å². The van der Waals surface area contributed by atoms with E-state index < -0.39 is 0 Å². The number of aromatic nitrogens is 2. The molecule has 3 rings (SSSR count). The van der Waals surface area contributed by atoms with Gasteiger partial charge in [0.1, 0.15) is 17.4 Å². The maximum atomic E-state index is 10.00. The first-order valence-corrected chi connectivity index (χ1v) is 12.0. The van der Waals surface area contributed by atoms with Crippen molar-refractivity contribution in [1.82, 2.24) is 9.97 Å². The Bertz CT molecular complexity index is 1240. The fraction of sp³-hybridized carbons (Fsp3) is 0.308. The molecule has 0 unspecified atom stereocenters. The van der Waals surface area contributed by atoms with Crippen LogP contribution in [0.15, 0.2) is 52.7 Å². The number of thioether (sulfide) groups is 1. The zero-order valence-corrected chi connectivity index (χ0v) is 21.6. The second-order valence-electron chi connectivity index (χ2n) is 8.00. The van der Waals surface area contributed by atoms with Gasteiger partial charge in [-0.05, 0) is 55.3 Å². The van der Waals surface area contributed by atoms with Crippen molar-refractivity contribution in [3.8, 4) is 34.6 Å². The summed E-state index contributed by atoms with van der Waals surface area (Å²) in [5.41, 5.74) is 6.17. The van der Waals surface area contributed by atoms with E-state index in [1.54, 1.807) is 33.1 Å². The van der Waals surface area contributed by atoms with Crippen molar-refractivity contribution in [3.63, 3.8) is 0 Å². The smallest absolute Gasteiger partial charge is 0.190 e. The zero-order valence-electron chi connectivity index (χ0n) is 20.7. The van der Waals surface area contributed by atoms with Crippen molar-refractivity contribution in [3.05, 3.63) is 53.6 Å². The standard InChI is InChI=1S/C26H29N5O3S/c1-16(2)15-35-26-28-24(18-7-10-20(32-4)11-8-18)21(14-27)25(29-26)31-30-17(3)19-9-12-22(33-5)23(13-19)34-6/h7-13,16H,15H2,1-6H3,(H,28,29,31)/b30-17-. The summed E-state index contributed by atoms with van der Waals surface area (Å²) in [6.07, 6.45) is 0. The van der Waals surface area contributed by atoms with E-state index in [4.69, 9.17) is 19.2 Å². The maximum absolute atomic E-state index is 10.00. The molecule has 1 aromatic heterocycles. The van der Waals surface area contributed by atoms with E-state index in [2.05, 4.69) is 35.4 Å². The number of hydrogen-bond acceptors (Lipinski definition) is 9. The molecule has 0 aliphatic heterocycles. The van der Waals surface area contributed by atoms with Gasteiger partial charge in [-0.3, -0.25) is 5.43 Å². The van der Waals surface area contributed by atoms with Gasteiger partial charge in [0.2, 0.25) is 0 Å². The molecule has 0 bridgehead atoms. The van der Waals surface area contributed by atoms with Gasteiger partial charge < -0.3 is 14.2 Å². The van der Waals surface area contributed by atoms with Crippen LogP contribution in [0.5, 0.6) is 17.2 Å². The Morgan fingerprint density at radius 3 is 2.34 bits per heavy atom. The highest BCUT2D eigenvalue weighted by atomic mass is 32.2. The molecule has 0 saturated carbocycles. The molecule has 9 heteroatoms. The summed E-state index contributed by atoms with van der Waals surface area (Å²) in [6, 6.07) is 15.2. The zero-order chi connectivity index (χ0) is 25.4. The molecule has 182 valence electrons. The SMILES string of the molecule is COc1ccc(-c2nc(SCC(C)C)nc(N/N=C(/C)c3ccc(OC)c(OC)c3)c2C#N)cc1. The molecule has 35 heavy (non-hydrogen) atoms. The molecule has 0 atom stereocenters. The van der Waals surface area contributed by atoms with Crippen molar-refractivity contribution < 1.29 is 14.2 Å². The maximum Gasteiger partial charge on any atom is 0.190 e. The summed E-state index contributed by atoms with van der Waals surface area (Å²) in [5.74, 6) is 3.62. The third-order valence-corrected chi connectivity index (χ3v) is 6.31. The van der Waals surface area contributed by atoms with Crippen LogP contribution in [0.3, 0.4) is 0 Å². The van der Waals surface area contributed by atoms with E-state index in [9.17, 15) is 5.26 Å². The van der Waals surface area contributed by atoms with Crippen LogP contribution in [-0.4, -0.2) is 42.8 Å². The van der Waals surface area contributed by atoms with Crippen LogP contribution >= 0.6 is 11.8 Å². The number of ether oxygens (including phenoxy) is 3. The second kappa shape index (κ2) is 12.1. The molecule has 0 aliphatic carbocycles. The van der Waals surface area contributed by atoms with Crippen LogP contribution in [0.4, 0.5) is 5.82 Å². The number of nitrogens with zero attached hydrogens (tertiary/aromatic N) is 4. The second-order valence-corrected chi connectivity index (χ2v) is 8.99. The van der Waals surface area contributed by atoms with Gasteiger partial charge in [0, 0.05) is 16.9 Å². The van der Waals surface area contributed by atoms with E-state index in [-0.39, 0.29) is 0 Å². The Kier molecular flexibility index (Phi) is 8.92. The minimum absolute atomic E-state index is 0.313. The topological polar surface area (TPSA) is 102 Å². The fourth-order valence-corrected chi connectivity index (χ4v) is 3.95. The Morgan fingerprint density at radius 1 is 1.03 bits per heavy atom. The van der Waals surface area contributed by atoms with Gasteiger partial charge >= 0.3 is 0 Å². The van der Waals surface area contributed by atoms with Crippen LogP contribution in [0.2, 0.25) is 0 Å². The van der Waals surface area contributed by atoms with Crippen molar-refractivity contribution in [2.75, 3.05) is 32.5 Å². The number of benzene rings is 2. The summed E-state index contributed by atoms with van der Waals surface area (Å²) in [5, 5.41) is 15.1. The summed E-state index contributed by atoms with van der Waals surface area (Å²) in [6.45, 7) is 6.13. The monoisotopic (exact) mass is 491 g/mol. The van der Waals surface area contributed by atoms with Gasteiger partial charge in [-0.25, -0.2) is 9.97 Å². The summed E-state index contributed by atoms with van der Waals surface area (Å²) < 4.78 is 16.0. The average molecular weight is 492 g/mol. The van der Waals surface area contributed by atoms with Gasteiger partial charge in [-0.1, -0.05) is 25.6 Å². The molecule has 2 aromatic carbocycles. The van der Waals surface area contributed by atoms with E-state index in [1.807, 2.05) is 49.4 Å². The van der Waals surface area contributed by atoms with Crippen LogP contribution in [0.1, 0.15) is 31.9 Å². The first kappa shape index (κ1) is 25.8. The van der Waals surface area contributed by atoms with Crippen LogP contribution in [0.25, 0.3) is 11.3 Å². The molecule has 0 saturated heterocycles. The Morgan fingerprint density at radius 2 is 1.74 bits per heavy atom. The first-order chi connectivity index (χ1) is 16.9. The lowest BCUT2D eigenvalue weighted by atomic mass is 10.1. The summed E-state index contributed by atoms with van der Waals surface area (Å²) >= 11 is 1.54. The number of anilines is 1. The normalized spacial score (nSPS) is 11.2. The number of nitriles is 1. The molecule has 1 N–H and O–H groups in total. The number of methoxy groups -OCH3 is 3. The molecule has 8 nitrogen and oxygen atoms in total. The minimum Gasteiger partial charge on any atom is -0.497 e. The predicted molar refractivity (Wildman–Crippen MR) is 140 cm³/mol. The van der Waals surface area contributed by atoms with E-state index >= 15 is 0 Å². The third kappa shape index (κ3) is 6.43. The van der Waals surface area contributed by atoms with Gasteiger partial charge in [-0.15, -0.1) is 0 Å². The van der Waals surface area contributed by atoms with E-state index in [1.165, 1.54) is 0 Å². The first-order valence-electron chi connectivity index (χ1n) is 11.0. The fourth-order valence-electron chi connectivity index (χ4n) is 3.15. The van der Waals surface area contributed by atoms with E-state index in [0.29, 0.717) is 45.4 Å². The van der Waals surface area contributed by atoms with Crippen LogP contribution in [-0.2, 0) is 0 Å². The molecular formula is C26H29N5O3S. The predicted octanol–water partition coefficient (Wildman–Crippen LogP) is 5.63. The highest BCUT2D eigenvalue weighted by Crippen LogP contribution is 2.31. The number of nitrogens with one attached hydrogen (secondary N) is 1. The minimum atomic E-state index is 0.313. The Balaban J connectivity index is 2.02. The van der Waals surface area contributed by atoms with Crippen LogP contribution in [0, 0.1) is 17.2 Å². The highest BCUT2D eigenvalue weighted by molar-refractivity contribution is 7.99. The lowest BCUT2D eigenvalue weighted by molar-refractivity contribution is 0.355. The highest BCUT2D eigenvalue weighted by Gasteiger charge is 2.17. The molecule has 1 heterocycles. The molecule has 0 amide bonds. The lowest BCUT2D eigenvalue weighted by Gasteiger charge is -2.13. The van der Waals surface area contributed by atoms with Gasteiger partial charge in [0.25, 0.3) is 0 Å². The summed E-state index contributed by atoms with van der Waals surface area (Å²) in [7, 11) is 4.79. The molecule has 0 spiro atoms. The van der Waals surface area contributed by atoms with Gasteiger partial charge in [-0.2, -0.15) is 10.4 Å². The van der Waals surface area contributed by atoms with Crippen molar-refractivity contribution in [1.29, 1.82) is 5.26 Å². The molecule has 0 fully saturated rings. The molecule has 0 aliphatic rings. The lowest BCUT2D eigenvalue weighted by Crippen LogP contribution is -2.06. The van der Waals surface area contributed by atoms with Crippen LogP contribution < -0.4 is 19.6 Å². The Labute approximate surface area is 210 Å². The molecule has 3 aromatic rings. The molecule has 0 radical (unpaired) electrons. The third-order valence-electron chi connectivity index (χ3n) is 5.04. The largest absolute Gasteiger partial charge is 0.497 e. The van der Waals surface area contributed by atoms with Gasteiger partial charge in [0.05, 0.1) is 32.7 Å². The van der Waals surface area contributed by atoms with Gasteiger partial charge in [0.15, 0.2) is 22.5 Å². The van der Waals surface area contributed by atoms with Crippen molar-refractivity contribution in [2.45, 2.75) is 25.9 Å². The average Bonchev–Trinajstić information content (AvgIpc) is 2.89.